The first-order chi connectivity index (χ1) is 11.5. The predicted molar refractivity (Wildman–Crippen MR) is 100 cm³/mol. The second-order valence-electron chi connectivity index (χ2n) is 6.09. The minimum atomic E-state index is -3.36. The Kier molecular flexibility index (Phi) is 9.42. The SMILES string of the molecule is COCCS(=O)(=O)c1ccc(C(=O)NCCC2CCCNC2)cc1.Cl. The summed E-state index contributed by atoms with van der Waals surface area (Å²) in [5, 5.41) is 6.26. The Hall–Kier alpha value is -1.15. The number of rotatable bonds is 8. The normalized spacial score (nSPS) is 17.6. The van der Waals surface area contributed by atoms with Crippen LogP contribution >= 0.6 is 12.4 Å². The van der Waals surface area contributed by atoms with Crippen molar-refractivity contribution in [2.45, 2.75) is 24.2 Å². The highest BCUT2D eigenvalue weighted by Crippen LogP contribution is 2.14. The van der Waals surface area contributed by atoms with Crippen molar-refractivity contribution in [3.05, 3.63) is 29.8 Å². The molecule has 1 unspecified atom stereocenters. The molecule has 25 heavy (non-hydrogen) atoms. The highest BCUT2D eigenvalue weighted by atomic mass is 35.5. The molecule has 142 valence electrons. The summed E-state index contributed by atoms with van der Waals surface area (Å²) in [6.45, 7) is 2.89. The lowest BCUT2D eigenvalue weighted by Crippen LogP contribution is -2.33. The number of hydrogen-bond acceptors (Lipinski definition) is 5. The molecule has 2 N–H and O–H groups in total. The van der Waals surface area contributed by atoms with Crippen LogP contribution in [0.5, 0.6) is 0 Å². The van der Waals surface area contributed by atoms with Crippen LogP contribution in [-0.4, -0.2) is 53.4 Å². The maximum Gasteiger partial charge on any atom is 0.251 e. The average Bonchev–Trinajstić information content (AvgIpc) is 2.61. The molecule has 0 aromatic heterocycles. The first-order valence-electron chi connectivity index (χ1n) is 8.33. The summed E-state index contributed by atoms with van der Waals surface area (Å²) in [5.74, 6) is 0.386. The first-order valence-corrected chi connectivity index (χ1v) is 9.99. The summed E-state index contributed by atoms with van der Waals surface area (Å²) in [5.41, 5.74) is 0.475. The molecule has 8 heteroatoms. The van der Waals surface area contributed by atoms with E-state index in [0.29, 0.717) is 18.0 Å². The largest absolute Gasteiger partial charge is 0.384 e. The molecule has 2 rings (SSSR count). The van der Waals surface area contributed by atoms with Gasteiger partial charge in [0.1, 0.15) is 0 Å². The van der Waals surface area contributed by atoms with Gasteiger partial charge < -0.3 is 15.4 Å². The molecule has 6 nitrogen and oxygen atoms in total. The Balaban J connectivity index is 0.00000312. The summed E-state index contributed by atoms with van der Waals surface area (Å²) in [7, 11) is -1.90. The lowest BCUT2D eigenvalue weighted by atomic mass is 9.96. The van der Waals surface area contributed by atoms with Crippen molar-refractivity contribution in [2.75, 3.05) is 39.1 Å². The predicted octanol–water partition coefficient (Wildman–Crippen LogP) is 1.65. The average molecular weight is 391 g/mol. The van der Waals surface area contributed by atoms with Crippen molar-refractivity contribution in [1.82, 2.24) is 10.6 Å². The zero-order chi connectivity index (χ0) is 17.4. The molecular weight excluding hydrogens is 364 g/mol. The Morgan fingerprint density at radius 3 is 2.64 bits per heavy atom. The number of ether oxygens (including phenoxy) is 1. The molecular formula is C17H27ClN2O4S. The number of sulfone groups is 1. The van der Waals surface area contributed by atoms with Crippen LogP contribution < -0.4 is 10.6 Å². The van der Waals surface area contributed by atoms with Crippen LogP contribution in [0.4, 0.5) is 0 Å². The summed E-state index contributed by atoms with van der Waals surface area (Å²) in [6.07, 6.45) is 3.36. The standard InChI is InChI=1S/C17H26N2O4S.ClH/c1-23-11-12-24(21,22)16-6-4-15(5-7-16)17(20)19-10-8-14-3-2-9-18-13-14;/h4-7,14,18H,2-3,8-13H2,1H3,(H,19,20);1H. The van der Waals surface area contributed by atoms with E-state index in [2.05, 4.69) is 10.6 Å². The van der Waals surface area contributed by atoms with Crippen LogP contribution in [-0.2, 0) is 14.6 Å². The van der Waals surface area contributed by atoms with Gasteiger partial charge in [-0.3, -0.25) is 4.79 Å². The van der Waals surface area contributed by atoms with Crippen LogP contribution in [0.1, 0.15) is 29.6 Å². The third-order valence-electron chi connectivity index (χ3n) is 4.27. The maximum atomic E-state index is 12.1. The third kappa shape index (κ3) is 6.93. The van der Waals surface area contributed by atoms with Gasteiger partial charge in [0.15, 0.2) is 9.84 Å². The number of carbonyl (C=O) groups is 1. The molecule has 0 saturated carbocycles. The second-order valence-corrected chi connectivity index (χ2v) is 8.20. The molecule has 0 radical (unpaired) electrons. The van der Waals surface area contributed by atoms with Crippen molar-refractivity contribution in [3.8, 4) is 0 Å². The summed E-state index contributed by atoms with van der Waals surface area (Å²) >= 11 is 0. The molecule has 1 aromatic carbocycles. The number of halogens is 1. The van der Waals surface area contributed by atoms with E-state index >= 15 is 0 Å². The lowest BCUT2D eigenvalue weighted by molar-refractivity contribution is 0.0950. The number of piperidine rings is 1. The topological polar surface area (TPSA) is 84.5 Å². The van der Waals surface area contributed by atoms with E-state index in [1.54, 1.807) is 12.1 Å². The quantitative estimate of drug-likeness (QED) is 0.705. The van der Waals surface area contributed by atoms with Crippen molar-refractivity contribution in [3.63, 3.8) is 0 Å². The van der Waals surface area contributed by atoms with E-state index in [-0.39, 0.29) is 35.6 Å². The van der Waals surface area contributed by atoms with Crippen molar-refractivity contribution >= 4 is 28.2 Å². The minimum Gasteiger partial charge on any atom is -0.384 e. The molecule has 0 bridgehead atoms. The van der Waals surface area contributed by atoms with E-state index < -0.39 is 9.84 Å². The Morgan fingerprint density at radius 2 is 2.04 bits per heavy atom. The van der Waals surface area contributed by atoms with E-state index in [4.69, 9.17) is 4.74 Å². The number of hydrogen-bond donors (Lipinski definition) is 2. The van der Waals surface area contributed by atoms with Gasteiger partial charge in [0.2, 0.25) is 0 Å². The Labute approximate surface area is 156 Å². The lowest BCUT2D eigenvalue weighted by Gasteiger charge is -2.22. The first kappa shape index (κ1) is 21.9. The Bertz CT molecular complexity index is 629. The molecule has 1 amide bonds. The van der Waals surface area contributed by atoms with Gasteiger partial charge in [-0.15, -0.1) is 12.4 Å². The molecule has 0 spiro atoms. The Morgan fingerprint density at radius 1 is 1.32 bits per heavy atom. The van der Waals surface area contributed by atoms with Gasteiger partial charge in [0, 0.05) is 19.2 Å². The molecule has 1 atom stereocenters. The fourth-order valence-corrected chi connectivity index (χ4v) is 3.96. The van der Waals surface area contributed by atoms with E-state index in [1.165, 1.54) is 32.1 Å². The van der Waals surface area contributed by atoms with Gasteiger partial charge in [-0.1, -0.05) is 0 Å². The van der Waals surface area contributed by atoms with Crippen LogP contribution in [0.15, 0.2) is 29.2 Å². The van der Waals surface area contributed by atoms with Crippen LogP contribution in [0, 0.1) is 5.92 Å². The summed E-state index contributed by atoms with van der Waals surface area (Å²) in [4.78, 5) is 12.3. The van der Waals surface area contributed by atoms with E-state index in [1.807, 2.05) is 0 Å². The zero-order valence-corrected chi connectivity index (χ0v) is 16.1. The van der Waals surface area contributed by atoms with Crippen LogP contribution in [0.3, 0.4) is 0 Å². The number of nitrogens with one attached hydrogen (secondary N) is 2. The van der Waals surface area contributed by atoms with Gasteiger partial charge in [0.25, 0.3) is 5.91 Å². The molecule has 1 fully saturated rings. The molecule has 1 aliphatic rings. The highest BCUT2D eigenvalue weighted by molar-refractivity contribution is 7.91. The third-order valence-corrected chi connectivity index (χ3v) is 5.96. The molecule has 0 aliphatic carbocycles. The fraction of sp³-hybridized carbons (Fsp3) is 0.588. The fourth-order valence-electron chi connectivity index (χ4n) is 2.79. The van der Waals surface area contributed by atoms with Crippen LogP contribution in [0.2, 0.25) is 0 Å². The molecule has 1 aromatic rings. The molecule has 1 heterocycles. The van der Waals surface area contributed by atoms with Gasteiger partial charge >= 0.3 is 0 Å². The zero-order valence-electron chi connectivity index (χ0n) is 14.5. The smallest absolute Gasteiger partial charge is 0.251 e. The van der Waals surface area contributed by atoms with Crippen molar-refractivity contribution in [1.29, 1.82) is 0 Å². The molecule has 1 aliphatic heterocycles. The molecule has 1 saturated heterocycles. The minimum absolute atomic E-state index is 0. The second kappa shape index (κ2) is 10.8. The number of carbonyl (C=O) groups excluding carboxylic acids is 1. The van der Waals surface area contributed by atoms with Gasteiger partial charge in [0.05, 0.1) is 17.3 Å². The van der Waals surface area contributed by atoms with E-state index in [9.17, 15) is 13.2 Å². The summed E-state index contributed by atoms with van der Waals surface area (Å²) in [6, 6.07) is 6.06. The van der Waals surface area contributed by atoms with Gasteiger partial charge in [-0.25, -0.2) is 8.42 Å². The van der Waals surface area contributed by atoms with Gasteiger partial charge in [-0.05, 0) is 62.5 Å². The maximum absolute atomic E-state index is 12.1. The summed E-state index contributed by atoms with van der Waals surface area (Å²) < 4.78 is 28.9. The number of methoxy groups -OCH3 is 1. The monoisotopic (exact) mass is 390 g/mol. The van der Waals surface area contributed by atoms with Gasteiger partial charge in [-0.2, -0.15) is 0 Å². The highest BCUT2D eigenvalue weighted by Gasteiger charge is 2.16. The van der Waals surface area contributed by atoms with E-state index in [0.717, 1.165) is 19.5 Å². The number of benzene rings is 1. The number of amides is 1. The van der Waals surface area contributed by atoms with Crippen molar-refractivity contribution in [2.24, 2.45) is 5.92 Å². The van der Waals surface area contributed by atoms with Crippen molar-refractivity contribution < 1.29 is 17.9 Å². The van der Waals surface area contributed by atoms with Crippen LogP contribution in [0.25, 0.3) is 0 Å².